The fourth-order valence-corrected chi connectivity index (χ4v) is 3.33. The molecule has 0 aliphatic carbocycles. The minimum Gasteiger partial charge on any atom is -0.389 e. The van der Waals surface area contributed by atoms with Crippen molar-refractivity contribution in [1.82, 2.24) is 4.72 Å². The van der Waals surface area contributed by atoms with Crippen LogP contribution in [-0.2, 0) is 14.8 Å². The summed E-state index contributed by atoms with van der Waals surface area (Å²) < 4.78 is 32.0. The molecule has 0 bridgehead atoms. The van der Waals surface area contributed by atoms with Crippen molar-refractivity contribution in [3.05, 3.63) is 29.8 Å². The number of hydrogen-bond donors (Lipinski definition) is 2. The second-order valence-electron chi connectivity index (χ2n) is 4.16. The zero-order valence-corrected chi connectivity index (χ0v) is 12.6. The van der Waals surface area contributed by atoms with Gasteiger partial charge in [-0.1, -0.05) is 30.4 Å². The van der Waals surface area contributed by atoms with Crippen LogP contribution in [0.2, 0.25) is 0 Å². The van der Waals surface area contributed by atoms with Gasteiger partial charge in [0, 0.05) is 25.3 Å². The molecule has 0 amide bonds. The van der Waals surface area contributed by atoms with Gasteiger partial charge < -0.3 is 10.5 Å². The van der Waals surface area contributed by atoms with E-state index in [2.05, 4.69) is 4.72 Å². The number of rotatable bonds is 7. The molecule has 0 fully saturated rings. The highest BCUT2D eigenvalue weighted by Gasteiger charge is 2.21. The molecule has 3 N–H and O–H groups in total. The fraction of sp³-hybridized carbons (Fsp3) is 0.417. The average molecular weight is 302 g/mol. The molecule has 106 valence electrons. The Kier molecular flexibility index (Phi) is 5.86. The average Bonchev–Trinajstić information content (AvgIpc) is 2.35. The lowest BCUT2D eigenvalue weighted by Crippen LogP contribution is -2.34. The van der Waals surface area contributed by atoms with E-state index in [0.29, 0.717) is 18.6 Å². The number of sulfonamides is 1. The van der Waals surface area contributed by atoms with E-state index in [4.69, 9.17) is 22.7 Å². The molecule has 5 nitrogen and oxygen atoms in total. The van der Waals surface area contributed by atoms with Crippen LogP contribution >= 0.6 is 12.2 Å². The third kappa shape index (κ3) is 4.54. The molecule has 1 aromatic rings. The van der Waals surface area contributed by atoms with Crippen molar-refractivity contribution >= 4 is 27.2 Å². The highest BCUT2D eigenvalue weighted by molar-refractivity contribution is 7.89. The Balaban J connectivity index is 2.98. The molecule has 0 heterocycles. The first-order valence-corrected chi connectivity index (χ1v) is 7.67. The molecule has 0 saturated carbocycles. The first-order chi connectivity index (χ1) is 8.88. The SMILES string of the molecule is COCCC(C)NS(=O)(=O)c1ccccc1C(N)=S. The Morgan fingerprint density at radius 1 is 1.47 bits per heavy atom. The predicted octanol–water partition coefficient (Wildman–Crippen LogP) is 1.02. The molecule has 0 aliphatic heterocycles. The van der Waals surface area contributed by atoms with Crippen LogP contribution in [0, 0.1) is 0 Å². The van der Waals surface area contributed by atoms with E-state index in [1.54, 1.807) is 32.2 Å². The molecule has 1 aromatic carbocycles. The first kappa shape index (κ1) is 16.0. The molecule has 1 unspecified atom stereocenters. The maximum Gasteiger partial charge on any atom is 0.241 e. The Morgan fingerprint density at radius 2 is 2.11 bits per heavy atom. The molecule has 7 heteroatoms. The lowest BCUT2D eigenvalue weighted by molar-refractivity contribution is 0.188. The van der Waals surface area contributed by atoms with Gasteiger partial charge in [0.1, 0.15) is 4.99 Å². The number of ether oxygens (including phenoxy) is 1. The number of thiocarbonyl (C=S) groups is 1. The smallest absolute Gasteiger partial charge is 0.241 e. The molecule has 0 radical (unpaired) electrons. The van der Waals surface area contributed by atoms with Crippen LogP contribution in [-0.4, -0.2) is 33.2 Å². The van der Waals surface area contributed by atoms with E-state index in [-0.39, 0.29) is 15.9 Å². The van der Waals surface area contributed by atoms with Crippen molar-refractivity contribution in [3.8, 4) is 0 Å². The molecule has 19 heavy (non-hydrogen) atoms. The highest BCUT2D eigenvalue weighted by atomic mass is 32.2. The van der Waals surface area contributed by atoms with Gasteiger partial charge in [-0.15, -0.1) is 0 Å². The standard InChI is InChI=1S/C12H18N2O3S2/c1-9(7-8-17-2)14-19(15,16)11-6-4-3-5-10(11)12(13)18/h3-6,9,14H,7-8H2,1-2H3,(H2,13,18). The Labute approximate surface area is 119 Å². The van der Waals surface area contributed by atoms with Crippen molar-refractivity contribution in [2.24, 2.45) is 5.73 Å². The van der Waals surface area contributed by atoms with Crippen LogP contribution in [0.25, 0.3) is 0 Å². The Morgan fingerprint density at radius 3 is 2.68 bits per heavy atom. The largest absolute Gasteiger partial charge is 0.389 e. The summed E-state index contributed by atoms with van der Waals surface area (Å²) in [6.07, 6.45) is 0.588. The highest BCUT2D eigenvalue weighted by Crippen LogP contribution is 2.16. The minimum absolute atomic E-state index is 0.0607. The van der Waals surface area contributed by atoms with Gasteiger partial charge >= 0.3 is 0 Å². The van der Waals surface area contributed by atoms with E-state index in [9.17, 15) is 8.42 Å². The molecule has 1 atom stereocenters. The monoisotopic (exact) mass is 302 g/mol. The predicted molar refractivity (Wildman–Crippen MR) is 78.6 cm³/mol. The number of benzene rings is 1. The summed E-state index contributed by atoms with van der Waals surface area (Å²) in [5.41, 5.74) is 5.89. The van der Waals surface area contributed by atoms with Crippen molar-refractivity contribution in [1.29, 1.82) is 0 Å². The Hall–Kier alpha value is -1.02. The zero-order chi connectivity index (χ0) is 14.5. The van der Waals surface area contributed by atoms with Gasteiger partial charge in [-0.25, -0.2) is 13.1 Å². The second kappa shape index (κ2) is 6.95. The topological polar surface area (TPSA) is 81.4 Å². The van der Waals surface area contributed by atoms with E-state index in [1.165, 1.54) is 6.07 Å². The quantitative estimate of drug-likeness (QED) is 0.735. The molecule has 0 aromatic heterocycles. The normalized spacial score (nSPS) is 13.2. The summed E-state index contributed by atoms with van der Waals surface area (Å²) in [6, 6.07) is 6.18. The van der Waals surface area contributed by atoms with Crippen LogP contribution in [0.1, 0.15) is 18.9 Å². The van der Waals surface area contributed by atoms with Crippen molar-refractivity contribution in [2.75, 3.05) is 13.7 Å². The molecular weight excluding hydrogens is 284 g/mol. The van der Waals surface area contributed by atoms with Crippen LogP contribution in [0.15, 0.2) is 29.2 Å². The number of nitrogens with two attached hydrogens (primary N) is 1. The van der Waals surface area contributed by atoms with Crippen LogP contribution in [0.5, 0.6) is 0 Å². The van der Waals surface area contributed by atoms with Crippen molar-refractivity contribution in [3.63, 3.8) is 0 Å². The molecule has 0 spiro atoms. The van der Waals surface area contributed by atoms with Crippen molar-refractivity contribution < 1.29 is 13.2 Å². The number of nitrogens with one attached hydrogen (secondary N) is 1. The summed E-state index contributed by atoms with van der Waals surface area (Å²) >= 11 is 4.87. The van der Waals surface area contributed by atoms with Crippen LogP contribution in [0.3, 0.4) is 0 Å². The lowest BCUT2D eigenvalue weighted by atomic mass is 10.2. The summed E-state index contributed by atoms with van der Waals surface area (Å²) in [4.78, 5) is 0.164. The minimum atomic E-state index is -3.64. The molecule has 1 rings (SSSR count). The van der Waals surface area contributed by atoms with Gasteiger partial charge in [-0.2, -0.15) is 0 Å². The van der Waals surface area contributed by atoms with Crippen LogP contribution < -0.4 is 10.5 Å². The van der Waals surface area contributed by atoms with Gasteiger partial charge in [-0.3, -0.25) is 0 Å². The van der Waals surface area contributed by atoms with Gasteiger partial charge in [0.15, 0.2) is 0 Å². The molecule has 0 saturated heterocycles. The van der Waals surface area contributed by atoms with Gasteiger partial charge in [0.05, 0.1) is 4.90 Å². The number of methoxy groups -OCH3 is 1. The summed E-state index contributed by atoms with van der Waals surface area (Å²) in [6.45, 7) is 2.26. The maximum absolute atomic E-state index is 12.3. The van der Waals surface area contributed by atoms with E-state index >= 15 is 0 Å². The first-order valence-electron chi connectivity index (χ1n) is 5.78. The lowest BCUT2D eigenvalue weighted by Gasteiger charge is -2.15. The summed E-state index contributed by atoms with van der Waals surface area (Å²) in [5, 5.41) is 0. The maximum atomic E-state index is 12.3. The second-order valence-corrected chi connectivity index (χ2v) is 6.29. The van der Waals surface area contributed by atoms with E-state index in [0.717, 1.165) is 0 Å². The third-order valence-corrected chi connectivity index (χ3v) is 4.42. The summed E-state index contributed by atoms with van der Waals surface area (Å²) in [7, 11) is -2.07. The van der Waals surface area contributed by atoms with Gasteiger partial charge in [-0.05, 0) is 19.4 Å². The van der Waals surface area contributed by atoms with Gasteiger partial charge in [0.25, 0.3) is 0 Å². The van der Waals surface area contributed by atoms with E-state index < -0.39 is 10.0 Å². The molecule has 0 aliphatic rings. The third-order valence-electron chi connectivity index (χ3n) is 2.55. The Bertz CT molecular complexity index is 544. The van der Waals surface area contributed by atoms with Gasteiger partial charge in [0.2, 0.25) is 10.0 Å². The summed E-state index contributed by atoms with van der Waals surface area (Å²) in [5.74, 6) is 0. The zero-order valence-electron chi connectivity index (χ0n) is 10.9. The molecular formula is C12H18N2O3S2. The fourth-order valence-electron chi connectivity index (χ4n) is 1.59. The van der Waals surface area contributed by atoms with Crippen molar-refractivity contribution in [2.45, 2.75) is 24.3 Å². The van der Waals surface area contributed by atoms with E-state index in [1.807, 2.05) is 0 Å². The van der Waals surface area contributed by atoms with Crippen LogP contribution in [0.4, 0.5) is 0 Å². The number of hydrogen-bond acceptors (Lipinski definition) is 4.